The van der Waals surface area contributed by atoms with E-state index in [0.717, 1.165) is 37.0 Å². The minimum Gasteiger partial charge on any atom is -0.437 e. The van der Waals surface area contributed by atoms with Crippen LogP contribution in [0.2, 0.25) is 0 Å². The first-order valence-corrected chi connectivity index (χ1v) is 7.76. The average molecular weight is 310 g/mol. The highest BCUT2D eigenvalue weighted by Crippen LogP contribution is 2.29. The molecule has 4 rings (SSSR count). The van der Waals surface area contributed by atoms with Crippen molar-refractivity contribution in [3.63, 3.8) is 0 Å². The second-order valence-electron chi connectivity index (χ2n) is 5.83. The molecule has 23 heavy (non-hydrogen) atoms. The molecular formula is C16H18N6O. The summed E-state index contributed by atoms with van der Waals surface area (Å²) >= 11 is 0. The summed E-state index contributed by atoms with van der Waals surface area (Å²) in [5.74, 6) is 1.17. The molecule has 0 aromatic carbocycles. The van der Waals surface area contributed by atoms with Gasteiger partial charge in [-0.25, -0.2) is 14.6 Å². The third kappa shape index (κ3) is 2.75. The lowest BCUT2D eigenvalue weighted by Gasteiger charge is -2.29. The molecule has 0 radical (unpaired) electrons. The molecule has 0 aliphatic carbocycles. The quantitative estimate of drug-likeness (QED) is 0.739. The van der Waals surface area contributed by atoms with E-state index in [1.807, 2.05) is 16.8 Å². The highest BCUT2D eigenvalue weighted by atomic mass is 16.5. The number of piperidine rings is 1. The molecule has 1 fully saturated rings. The fourth-order valence-electron chi connectivity index (χ4n) is 2.95. The Balaban J connectivity index is 1.66. The van der Waals surface area contributed by atoms with Crippen molar-refractivity contribution in [2.24, 2.45) is 0 Å². The van der Waals surface area contributed by atoms with Crippen molar-refractivity contribution in [2.75, 3.05) is 20.1 Å². The Morgan fingerprint density at radius 1 is 1.17 bits per heavy atom. The highest BCUT2D eigenvalue weighted by molar-refractivity contribution is 5.80. The topological polar surface area (TPSA) is 69.0 Å². The number of nitrogens with zero attached hydrogens (tertiary/aromatic N) is 6. The molecule has 7 nitrogen and oxygen atoms in total. The van der Waals surface area contributed by atoms with Crippen molar-refractivity contribution in [2.45, 2.75) is 18.9 Å². The molecule has 1 aliphatic heterocycles. The molecule has 118 valence electrons. The van der Waals surface area contributed by atoms with E-state index < -0.39 is 0 Å². The summed E-state index contributed by atoms with van der Waals surface area (Å²) in [6.45, 7) is 2.16. The van der Waals surface area contributed by atoms with E-state index in [2.05, 4.69) is 32.0 Å². The van der Waals surface area contributed by atoms with Gasteiger partial charge in [0, 0.05) is 6.20 Å². The maximum absolute atomic E-state index is 5.83. The number of likely N-dealkylation sites (tertiary alicyclic amines) is 1. The SMILES string of the molecule is CN1CCC(n2ncc3c(Oc4cccnc4)ncnc32)CC1. The molecule has 0 N–H and O–H groups in total. The summed E-state index contributed by atoms with van der Waals surface area (Å²) in [4.78, 5) is 15.1. The Labute approximate surface area is 133 Å². The van der Waals surface area contributed by atoms with Crippen LogP contribution in [0.25, 0.3) is 11.0 Å². The van der Waals surface area contributed by atoms with Crippen molar-refractivity contribution in [3.8, 4) is 11.6 Å². The molecule has 7 heteroatoms. The van der Waals surface area contributed by atoms with E-state index in [1.54, 1.807) is 18.6 Å². The first kappa shape index (κ1) is 14.1. The van der Waals surface area contributed by atoms with Gasteiger partial charge in [0.1, 0.15) is 17.5 Å². The standard InChI is InChI=1S/C16H18N6O/c1-21-7-4-12(5-8-21)22-15-14(10-20-22)16(19-11-18-15)23-13-3-2-6-17-9-13/h2-3,6,9-12H,4-5,7-8H2,1H3. The van der Waals surface area contributed by atoms with Crippen LogP contribution < -0.4 is 4.74 Å². The lowest BCUT2D eigenvalue weighted by atomic mass is 10.1. The van der Waals surface area contributed by atoms with Crippen LogP contribution in [0.15, 0.2) is 37.1 Å². The molecule has 1 aliphatic rings. The summed E-state index contributed by atoms with van der Waals surface area (Å²) in [5.41, 5.74) is 0.827. The molecule has 0 amide bonds. The number of fused-ring (bicyclic) bond motifs is 1. The molecule has 1 saturated heterocycles. The second kappa shape index (κ2) is 5.92. The lowest BCUT2D eigenvalue weighted by Crippen LogP contribution is -2.31. The zero-order chi connectivity index (χ0) is 15.6. The van der Waals surface area contributed by atoms with Gasteiger partial charge in [-0.15, -0.1) is 0 Å². The maximum atomic E-state index is 5.83. The average Bonchev–Trinajstić information content (AvgIpc) is 3.02. The highest BCUT2D eigenvalue weighted by Gasteiger charge is 2.22. The van der Waals surface area contributed by atoms with Gasteiger partial charge in [0.2, 0.25) is 5.88 Å². The third-order valence-corrected chi connectivity index (χ3v) is 4.24. The van der Waals surface area contributed by atoms with Crippen LogP contribution >= 0.6 is 0 Å². The monoisotopic (exact) mass is 310 g/mol. The molecule has 3 aromatic heterocycles. The number of pyridine rings is 1. The lowest BCUT2D eigenvalue weighted by molar-refractivity contribution is 0.215. The zero-order valence-electron chi connectivity index (χ0n) is 13.0. The van der Waals surface area contributed by atoms with Crippen LogP contribution in [0.5, 0.6) is 11.6 Å². The number of ether oxygens (including phenoxy) is 1. The minimum atomic E-state index is 0.379. The summed E-state index contributed by atoms with van der Waals surface area (Å²) in [6, 6.07) is 4.06. The van der Waals surface area contributed by atoms with Crippen LogP contribution in [0.4, 0.5) is 0 Å². The predicted molar refractivity (Wildman–Crippen MR) is 85.4 cm³/mol. The molecular weight excluding hydrogens is 292 g/mol. The largest absolute Gasteiger partial charge is 0.437 e. The van der Waals surface area contributed by atoms with Crippen LogP contribution in [0.1, 0.15) is 18.9 Å². The Kier molecular flexibility index (Phi) is 3.63. The fraction of sp³-hybridized carbons (Fsp3) is 0.375. The third-order valence-electron chi connectivity index (χ3n) is 4.24. The Bertz CT molecular complexity index is 795. The molecule has 3 aromatic rings. The van der Waals surface area contributed by atoms with Gasteiger partial charge in [-0.1, -0.05) is 0 Å². The molecule has 0 spiro atoms. The van der Waals surface area contributed by atoms with Gasteiger partial charge < -0.3 is 9.64 Å². The van der Waals surface area contributed by atoms with Gasteiger partial charge in [0.05, 0.1) is 18.4 Å². The smallest absolute Gasteiger partial charge is 0.233 e. The van der Waals surface area contributed by atoms with Gasteiger partial charge in [0.25, 0.3) is 0 Å². The number of aromatic nitrogens is 5. The summed E-state index contributed by atoms with van der Waals surface area (Å²) < 4.78 is 7.85. The van der Waals surface area contributed by atoms with Crippen molar-refractivity contribution < 1.29 is 4.74 Å². The van der Waals surface area contributed by atoms with Gasteiger partial charge >= 0.3 is 0 Å². The maximum Gasteiger partial charge on any atom is 0.233 e. The zero-order valence-corrected chi connectivity index (χ0v) is 13.0. The molecule has 0 saturated carbocycles. The summed E-state index contributed by atoms with van der Waals surface area (Å²) in [5, 5.41) is 5.38. The van der Waals surface area contributed by atoms with Gasteiger partial charge in [-0.05, 0) is 45.1 Å². The van der Waals surface area contributed by atoms with Gasteiger partial charge in [-0.3, -0.25) is 4.98 Å². The molecule has 0 unspecified atom stereocenters. The van der Waals surface area contributed by atoms with Crippen molar-refractivity contribution >= 4 is 11.0 Å². The van der Waals surface area contributed by atoms with E-state index in [0.29, 0.717) is 17.7 Å². The molecule has 0 bridgehead atoms. The minimum absolute atomic E-state index is 0.379. The summed E-state index contributed by atoms with van der Waals surface area (Å²) in [6.07, 6.45) is 8.85. The predicted octanol–water partition coefficient (Wildman–Crippen LogP) is 2.28. The van der Waals surface area contributed by atoms with Crippen LogP contribution in [0, 0.1) is 0 Å². The number of hydrogen-bond donors (Lipinski definition) is 0. The first-order valence-electron chi connectivity index (χ1n) is 7.76. The van der Waals surface area contributed by atoms with Crippen LogP contribution in [-0.2, 0) is 0 Å². The van der Waals surface area contributed by atoms with Crippen LogP contribution in [-0.4, -0.2) is 49.8 Å². The van der Waals surface area contributed by atoms with Crippen LogP contribution in [0.3, 0.4) is 0 Å². The normalized spacial score (nSPS) is 16.7. The van der Waals surface area contributed by atoms with E-state index in [-0.39, 0.29) is 0 Å². The Hall–Kier alpha value is -2.54. The Morgan fingerprint density at radius 3 is 2.83 bits per heavy atom. The first-order chi connectivity index (χ1) is 11.3. The van der Waals surface area contributed by atoms with E-state index in [4.69, 9.17) is 4.74 Å². The van der Waals surface area contributed by atoms with Crippen molar-refractivity contribution in [3.05, 3.63) is 37.1 Å². The Morgan fingerprint density at radius 2 is 2.04 bits per heavy atom. The van der Waals surface area contributed by atoms with Gasteiger partial charge in [0.15, 0.2) is 5.65 Å². The van der Waals surface area contributed by atoms with Crippen molar-refractivity contribution in [1.82, 2.24) is 29.6 Å². The van der Waals surface area contributed by atoms with Gasteiger partial charge in [-0.2, -0.15) is 5.10 Å². The second-order valence-corrected chi connectivity index (χ2v) is 5.83. The van der Waals surface area contributed by atoms with E-state index >= 15 is 0 Å². The molecule has 4 heterocycles. The van der Waals surface area contributed by atoms with E-state index in [1.165, 1.54) is 6.33 Å². The van der Waals surface area contributed by atoms with E-state index in [9.17, 15) is 0 Å². The molecule has 0 atom stereocenters. The fourth-order valence-corrected chi connectivity index (χ4v) is 2.95. The number of rotatable bonds is 3. The summed E-state index contributed by atoms with van der Waals surface area (Å²) in [7, 11) is 2.15. The van der Waals surface area contributed by atoms with Crippen molar-refractivity contribution in [1.29, 1.82) is 0 Å². The number of hydrogen-bond acceptors (Lipinski definition) is 6.